The molecule has 1 aromatic carbocycles. The summed E-state index contributed by atoms with van der Waals surface area (Å²) in [6.45, 7) is 15.5. The van der Waals surface area contributed by atoms with Crippen molar-refractivity contribution in [3.63, 3.8) is 0 Å². The Kier molecular flexibility index (Phi) is 7.14. The van der Waals surface area contributed by atoms with E-state index < -0.39 is 0 Å². The second kappa shape index (κ2) is 9.98. The summed E-state index contributed by atoms with van der Waals surface area (Å²) < 4.78 is 5.36. The summed E-state index contributed by atoms with van der Waals surface area (Å²) in [5.41, 5.74) is 9.48. The molecule has 0 amide bonds. The highest BCUT2D eigenvalue weighted by molar-refractivity contribution is 6.16. The SMILES string of the molecule is C=C(NCc1ccco1)C1=CCC(C(=C)C(C(=NC)c2ccc(C)cc2)=C(C)C)=CN1. The fourth-order valence-corrected chi connectivity index (χ4v) is 3.56. The number of aliphatic imine (C=N–C) groups is 1. The third kappa shape index (κ3) is 5.34. The van der Waals surface area contributed by atoms with E-state index >= 15 is 0 Å². The summed E-state index contributed by atoms with van der Waals surface area (Å²) in [4.78, 5) is 4.62. The molecule has 3 rings (SSSR count). The standard InChI is InChI=1S/C27H31N3O/c1-18(2)26(27(28-6)22-11-9-19(3)10-12-22)20(4)23-13-14-25(30-16-23)21(5)29-17-24-8-7-15-31-24/h7-12,14-16,29-30H,4-5,13,17H2,1-3,6H3. The number of hydrogen-bond donors (Lipinski definition) is 2. The molecule has 31 heavy (non-hydrogen) atoms. The van der Waals surface area contributed by atoms with E-state index in [-0.39, 0.29) is 0 Å². The van der Waals surface area contributed by atoms with Crippen LogP contribution in [0.4, 0.5) is 0 Å². The van der Waals surface area contributed by atoms with Gasteiger partial charge in [0, 0.05) is 24.4 Å². The summed E-state index contributed by atoms with van der Waals surface area (Å²) in [5, 5.41) is 6.66. The molecule has 1 aromatic heterocycles. The van der Waals surface area contributed by atoms with Crippen LogP contribution in [0.15, 0.2) is 111 Å². The predicted molar refractivity (Wildman–Crippen MR) is 130 cm³/mol. The lowest BCUT2D eigenvalue weighted by Gasteiger charge is -2.22. The molecule has 0 spiro atoms. The van der Waals surface area contributed by atoms with Crippen LogP contribution >= 0.6 is 0 Å². The molecule has 160 valence electrons. The quantitative estimate of drug-likeness (QED) is 0.414. The number of aryl methyl sites for hydroxylation is 1. The number of nitrogens with one attached hydrogen (secondary N) is 2. The molecule has 1 aliphatic heterocycles. The average Bonchev–Trinajstić information content (AvgIpc) is 3.29. The fraction of sp³-hybridized carbons (Fsp3) is 0.222. The predicted octanol–water partition coefficient (Wildman–Crippen LogP) is 5.96. The number of nitrogens with zero attached hydrogens (tertiary/aromatic N) is 1. The second-order valence-corrected chi connectivity index (χ2v) is 7.84. The van der Waals surface area contributed by atoms with Crippen molar-refractivity contribution in [2.45, 2.75) is 33.7 Å². The molecule has 4 nitrogen and oxygen atoms in total. The summed E-state index contributed by atoms with van der Waals surface area (Å²) in [6.07, 6.45) is 6.59. The number of rotatable bonds is 8. The molecule has 4 heteroatoms. The molecule has 0 fully saturated rings. The van der Waals surface area contributed by atoms with Gasteiger partial charge in [0.1, 0.15) is 5.76 Å². The molecule has 0 bridgehead atoms. The van der Waals surface area contributed by atoms with Gasteiger partial charge in [0.25, 0.3) is 0 Å². The van der Waals surface area contributed by atoms with Crippen molar-refractivity contribution in [1.29, 1.82) is 0 Å². The number of allylic oxidation sites excluding steroid dienone is 5. The molecule has 0 saturated heterocycles. The molecule has 2 heterocycles. The number of hydrogen-bond acceptors (Lipinski definition) is 4. The Bertz CT molecular complexity index is 1070. The average molecular weight is 414 g/mol. The van der Waals surface area contributed by atoms with Gasteiger partial charge in [0.15, 0.2) is 0 Å². The molecule has 2 aromatic rings. The Morgan fingerprint density at radius 3 is 2.45 bits per heavy atom. The van der Waals surface area contributed by atoms with Gasteiger partial charge in [-0.3, -0.25) is 4.99 Å². The second-order valence-electron chi connectivity index (χ2n) is 7.84. The Labute approximate surface area is 185 Å². The van der Waals surface area contributed by atoms with Crippen LogP contribution < -0.4 is 10.6 Å². The highest BCUT2D eigenvalue weighted by Gasteiger charge is 2.19. The van der Waals surface area contributed by atoms with Gasteiger partial charge in [-0.25, -0.2) is 0 Å². The zero-order chi connectivity index (χ0) is 22.4. The van der Waals surface area contributed by atoms with Crippen molar-refractivity contribution in [1.82, 2.24) is 10.6 Å². The van der Waals surface area contributed by atoms with E-state index in [2.05, 4.69) is 79.9 Å². The first kappa shape index (κ1) is 22.2. The van der Waals surface area contributed by atoms with E-state index in [9.17, 15) is 0 Å². The Morgan fingerprint density at radius 2 is 1.90 bits per heavy atom. The maximum Gasteiger partial charge on any atom is 0.122 e. The van der Waals surface area contributed by atoms with Gasteiger partial charge in [0.2, 0.25) is 0 Å². The molecule has 0 unspecified atom stereocenters. The fourth-order valence-electron chi connectivity index (χ4n) is 3.56. The van der Waals surface area contributed by atoms with Crippen LogP contribution in [0.2, 0.25) is 0 Å². The minimum Gasteiger partial charge on any atom is -0.467 e. The van der Waals surface area contributed by atoms with Gasteiger partial charge in [-0.05, 0) is 50.5 Å². The molecule has 2 N–H and O–H groups in total. The van der Waals surface area contributed by atoms with E-state index in [0.717, 1.165) is 51.6 Å². The normalized spacial score (nSPS) is 13.6. The van der Waals surface area contributed by atoms with Crippen LogP contribution in [0.25, 0.3) is 0 Å². The smallest absolute Gasteiger partial charge is 0.122 e. The van der Waals surface area contributed by atoms with E-state index in [1.165, 1.54) is 11.1 Å². The zero-order valence-corrected chi connectivity index (χ0v) is 18.9. The molecule has 0 radical (unpaired) electrons. The van der Waals surface area contributed by atoms with Crippen LogP contribution in [-0.2, 0) is 6.54 Å². The van der Waals surface area contributed by atoms with Gasteiger partial charge >= 0.3 is 0 Å². The zero-order valence-electron chi connectivity index (χ0n) is 18.9. The first-order chi connectivity index (χ1) is 14.9. The first-order valence-corrected chi connectivity index (χ1v) is 10.4. The Morgan fingerprint density at radius 1 is 1.16 bits per heavy atom. The van der Waals surface area contributed by atoms with Crippen molar-refractivity contribution in [3.8, 4) is 0 Å². The molecule has 0 atom stereocenters. The van der Waals surface area contributed by atoms with Crippen LogP contribution in [0, 0.1) is 6.92 Å². The lowest BCUT2D eigenvalue weighted by Crippen LogP contribution is -2.22. The highest BCUT2D eigenvalue weighted by Crippen LogP contribution is 2.29. The summed E-state index contributed by atoms with van der Waals surface area (Å²) >= 11 is 0. The van der Waals surface area contributed by atoms with Crippen molar-refractivity contribution >= 4 is 5.71 Å². The van der Waals surface area contributed by atoms with Crippen LogP contribution in [0.3, 0.4) is 0 Å². The van der Waals surface area contributed by atoms with Crippen molar-refractivity contribution in [2.24, 2.45) is 4.99 Å². The summed E-state index contributed by atoms with van der Waals surface area (Å²) in [5.74, 6) is 0.873. The largest absolute Gasteiger partial charge is 0.467 e. The lowest BCUT2D eigenvalue weighted by molar-refractivity contribution is 0.496. The molecule has 0 aliphatic carbocycles. The van der Waals surface area contributed by atoms with Gasteiger partial charge in [0.05, 0.1) is 29.9 Å². The van der Waals surface area contributed by atoms with Crippen LogP contribution in [-0.4, -0.2) is 12.8 Å². The summed E-state index contributed by atoms with van der Waals surface area (Å²) in [7, 11) is 1.84. The Hall–Kier alpha value is -3.53. The van der Waals surface area contributed by atoms with Crippen molar-refractivity contribution in [3.05, 3.63) is 119 Å². The highest BCUT2D eigenvalue weighted by atomic mass is 16.3. The van der Waals surface area contributed by atoms with E-state index in [1.807, 2.05) is 25.4 Å². The van der Waals surface area contributed by atoms with Gasteiger partial charge in [-0.15, -0.1) is 0 Å². The third-order valence-electron chi connectivity index (χ3n) is 5.28. The van der Waals surface area contributed by atoms with Gasteiger partial charge < -0.3 is 15.1 Å². The first-order valence-electron chi connectivity index (χ1n) is 10.4. The minimum absolute atomic E-state index is 0.600. The van der Waals surface area contributed by atoms with E-state index in [1.54, 1.807) is 6.26 Å². The van der Waals surface area contributed by atoms with E-state index in [0.29, 0.717) is 6.54 Å². The number of furan rings is 1. The number of benzene rings is 1. The monoisotopic (exact) mass is 413 g/mol. The van der Waals surface area contributed by atoms with Crippen molar-refractivity contribution in [2.75, 3.05) is 7.05 Å². The summed E-state index contributed by atoms with van der Waals surface area (Å²) in [6, 6.07) is 12.3. The molecular formula is C27H31N3O. The third-order valence-corrected chi connectivity index (χ3v) is 5.28. The van der Waals surface area contributed by atoms with Crippen LogP contribution in [0.5, 0.6) is 0 Å². The van der Waals surface area contributed by atoms with Gasteiger partial charge in [-0.1, -0.05) is 54.6 Å². The maximum atomic E-state index is 5.36. The topological polar surface area (TPSA) is 49.6 Å². The Balaban J connectivity index is 1.72. The molecule has 0 saturated carbocycles. The molecule has 1 aliphatic rings. The van der Waals surface area contributed by atoms with Gasteiger partial charge in [-0.2, -0.15) is 0 Å². The number of dihydropyridines is 1. The van der Waals surface area contributed by atoms with E-state index in [4.69, 9.17) is 4.42 Å². The van der Waals surface area contributed by atoms with Crippen LogP contribution in [0.1, 0.15) is 37.2 Å². The molecular weight excluding hydrogens is 382 g/mol. The maximum absolute atomic E-state index is 5.36. The minimum atomic E-state index is 0.600. The lowest BCUT2D eigenvalue weighted by atomic mass is 9.87. The van der Waals surface area contributed by atoms with Crippen molar-refractivity contribution < 1.29 is 4.42 Å².